The summed E-state index contributed by atoms with van der Waals surface area (Å²) in [4.78, 5) is 24.9. The van der Waals surface area contributed by atoms with Gasteiger partial charge in [0.1, 0.15) is 0 Å². The summed E-state index contributed by atoms with van der Waals surface area (Å²) in [5, 5.41) is 9.37. The molecule has 0 spiro atoms. The third-order valence-corrected chi connectivity index (χ3v) is 5.60. The van der Waals surface area contributed by atoms with Crippen molar-refractivity contribution < 1.29 is 9.59 Å². The van der Waals surface area contributed by atoms with Gasteiger partial charge >= 0.3 is 0 Å². The average molecular weight is 400 g/mol. The molecular weight excluding hydrogens is 374 g/mol. The SMILES string of the molecule is Cl.O=C(Nc1cccc(NC(=O)C2CC3CCCCC3N2)c1)c1ccccc1. The third-order valence-electron chi connectivity index (χ3n) is 5.60. The predicted molar refractivity (Wildman–Crippen MR) is 114 cm³/mol. The molecule has 2 amide bonds. The standard InChI is InChI=1S/C22H25N3O2.ClH/c26-21(15-7-2-1-3-8-15)23-17-10-6-11-18(14-17)24-22(27)20-13-16-9-4-5-12-19(16)25-20;/h1-3,6-8,10-11,14,16,19-20,25H,4-5,9,12-13H2,(H,23,26)(H,24,27);1H. The maximum absolute atomic E-state index is 12.7. The summed E-state index contributed by atoms with van der Waals surface area (Å²) in [6.45, 7) is 0. The van der Waals surface area contributed by atoms with Crippen molar-refractivity contribution in [2.75, 3.05) is 10.6 Å². The normalized spacial score (nSPS) is 23.2. The van der Waals surface area contributed by atoms with Crippen LogP contribution < -0.4 is 16.0 Å². The van der Waals surface area contributed by atoms with Crippen LogP contribution in [0.1, 0.15) is 42.5 Å². The second-order valence-corrected chi connectivity index (χ2v) is 7.50. The van der Waals surface area contributed by atoms with E-state index in [9.17, 15) is 9.59 Å². The number of nitrogens with one attached hydrogen (secondary N) is 3. The summed E-state index contributed by atoms with van der Waals surface area (Å²) in [5.41, 5.74) is 1.96. The number of carbonyl (C=O) groups is 2. The fraction of sp³-hybridized carbons (Fsp3) is 0.364. The van der Waals surface area contributed by atoms with Crippen molar-refractivity contribution >= 4 is 35.6 Å². The van der Waals surface area contributed by atoms with E-state index in [1.165, 1.54) is 25.7 Å². The summed E-state index contributed by atoms with van der Waals surface area (Å²) in [6, 6.07) is 16.7. The lowest BCUT2D eigenvalue weighted by Crippen LogP contribution is -2.39. The van der Waals surface area contributed by atoms with Gasteiger partial charge in [-0.15, -0.1) is 12.4 Å². The molecule has 0 radical (unpaired) electrons. The average Bonchev–Trinajstić information content (AvgIpc) is 3.13. The highest BCUT2D eigenvalue weighted by atomic mass is 35.5. The molecule has 3 atom stereocenters. The fourth-order valence-corrected chi connectivity index (χ4v) is 4.22. The Morgan fingerprint density at radius 2 is 1.61 bits per heavy atom. The van der Waals surface area contributed by atoms with E-state index in [1.807, 2.05) is 36.4 Å². The number of fused-ring (bicyclic) bond motifs is 1. The zero-order valence-electron chi connectivity index (χ0n) is 15.7. The number of rotatable bonds is 4. The lowest BCUT2D eigenvalue weighted by atomic mass is 9.85. The van der Waals surface area contributed by atoms with Crippen LogP contribution in [-0.2, 0) is 4.79 Å². The van der Waals surface area contributed by atoms with Gasteiger partial charge in [-0.3, -0.25) is 9.59 Å². The van der Waals surface area contributed by atoms with Gasteiger partial charge in [0.15, 0.2) is 0 Å². The Balaban J connectivity index is 0.00000225. The molecule has 6 heteroatoms. The van der Waals surface area contributed by atoms with E-state index in [0.29, 0.717) is 28.9 Å². The minimum atomic E-state index is -0.166. The van der Waals surface area contributed by atoms with Gasteiger partial charge in [0.2, 0.25) is 5.91 Å². The molecule has 2 aromatic rings. The Kier molecular flexibility index (Phi) is 6.70. The van der Waals surface area contributed by atoms with Crippen molar-refractivity contribution in [1.29, 1.82) is 0 Å². The monoisotopic (exact) mass is 399 g/mol. The van der Waals surface area contributed by atoms with E-state index in [1.54, 1.807) is 18.2 Å². The Hall–Kier alpha value is -2.37. The van der Waals surface area contributed by atoms with E-state index in [2.05, 4.69) is 16.0 Å². The smallest absolute Gasteiger partial charge is 0.255 e. The van der Waals surface area contributed by atoms with Crippen LogP contribution in [0.25, 0.3) is 0 Å². The van der Waals surface area contributed by atoms with E-state index in [0.717, 1.165) is 6.42 Å². The van der Waals surface area contributed by atoms with Crippen LogP contribution in [0.2, 0.25) is 0 Å². The van der Waals surface area contributed by atoms with E-state index in [-0.39, 0.29) is 30.3 Å². The Morgan fingerprint density at radius 3 is 2.36 bits per heavy atom. The van der Waals surface area contributed by atoms with Crippen LogP contribution in [0, 0.1) is 5.92 Å². The second kappa shape index (κ2) is 9.22. The third kappa shape index (κ3) is 4.72. The van der Waals surface area contributed by atoms with Gasteiger partial charge < -0.3 is 16.0 Å². The first-order valence-electron chi connectivity index (χ1n) is 9.72. The van der Waals surface area contributed by atoms with Crippen molar-refractivity contribution in [2.45, 2.75) is 44.2 Å². The van der Waals surface area contributed by atoms with Gasteiger partial charge in [-0.2, -0.15) is 0 Å². The van der Waals surface area contributed by atoms with E-state index < -0.39 is 0 Å². The number of halogens is 1. The van der Waals surface area contributed by atoms with Crippen LogP contribution in [0.4, 0.5) is 11.4 Å². The maximum Gasteiger partial charge on any atom is 0.255 e. The number of anilines is 2. The highest BCUT2D eigenvalue weighted by Gasteiger charge is 2.38. The minimum Gasteiger partial charge on any atom is -0.325 e. The molecule has 1 heterocycles. The van der Waals surface area contributed by atoms with Gasteiger partial charge in [0, 0.05) is 23.0 Å². The van der Waals surface area contributed by atoms with Crippen LogP contribution >= 0.6 is 12.4 Å². The molecule has 2 aromatic carbocycles. The topological polar surface area (TPSA) is 70.2 Å². The Bertz CT molecular complexity index is 814. The maximum atomic E-state index is 12.7. The van der Waals surface area contributed by atoms with Crippen molar-refractivity contribution in [1.82, 2.24) is 5.32 Å². The van der Waals surface area contributed by atoms with Gasteiger partial charge in [-0.05, 0) is 55.5 Å². The molecule has 5 nitrogen and oxygen atoms in total. The first-order chi connectivity index (χ1) is 13.2. The van der Waals surface area contributed by atoms with Crippen molar-refractivity contribution in [3.63, 3.8) is 0 Å². The molecule has 0 bridgehead atoms. The number of benzene rings is 2. The molecule has 148 valence electrons. The molecule has 1 saturated heterocycles. The van der Waals surface area contributed by atoms with Crippen molar-refractivity contribution in [3.05, 3.63) is 60.2 Å². The second-order valence-electron chi connectivity index (χ2n) is 7.50. The molecule has 2 aliphatic rings. The van der Waals surface area contributed by atoms with E-state index in [4.69, 9.17) is 0 Å². The first kappa shape index (κ1) is 20.4. The zero-order valence-corrected chi connectivity index (χ0v) is 16.5. The predicted octanol–water partition coefficient (Wildman–Crippen LogP) is 4.22. The quantitative estimate of drug-likeness (QED) is 0.720. The summed E-state index contributed by atoms with van der Waals surface area (Å²) >= 11 is 0. The van der Waals surface area contributed by atoms with Gasteiger partial charge in [0.25, 0.3) is 5.91 Å². The molecular formula is C22H26ClN3O2. The molecule has 0 aromatic heterocycles. The number of hydrogen-bond acceptors (Lipinski definition) is 3. The highest BCUT2D eigenvalue weighted by Crippen LogP contribution is 2.33. The zero-order chi connectivity index (χ0) is 18.6. The number of hydrogen-bond donors (Lipinski definition) is 3. The first-order valence-corrected chi connectivity index (χ1v) is 9.72. The van der Waals surface area contributed by atoms with Crippen LogP contribution in [0.3, 0.4) is 0 Å². The van der Waals surface area contributed by atoms with Gasteiger partial charge in [-0.25, -0.2) is 0 Å². The van der Waals surface area contributed by atoms with Crippen LogP contribution in [-0.4, -0.2) is 23.9 Å². The highest BCUT2D eigenvalue weighted by molar-refractivity contribution is 6.04. The summed E-state index contributed by atoms with van der Waals surface area (Å²) < 4.78 is 0. The van der Waals surface area contributed by atoms with Crippen molar-refractivity contribution in [2.24, 2.45) is 5.92 Å². The minimum absolute atomic E-state index is 0. The lowest BCUT2D eigenvalue weighted by Gasteiger charge is -2.24. The molecule has 1 aliphatic heterocycles. The Labute approximate surface area is 171 Å². The molecule has 3 unspecified atom stereocenters. The van der Waals surface area contributed by atoms with Crippen molar-refractivity contribution in [3.8, 4) is 0 Å². The molecule has 1 saturated carbocycles. The largest absolute Gasteiger partial charge is 0.325 e. The summed E-state index contributed by atoms with van der Waals surface area (Å²) in [7, 11) is 0. The van der Waals surface area contributed by atoms with E-state index >= 15 is 0 Å². The van der Waals surface area contributed by atoms with Gasteiger partial charge in [0.05, 0.1) is 6.04 Å². The molecule has 1 aliphatic carbocycles. The lowest BCUT2D eigenvalue weighted by molar-refractivity contribution is -0.117. The molecule has 3 N–H and O–H groups in total. The van der Waals surface area contributed by atoms with Crippen LogP contribution in [0.5, 0.6) is 0 Å². The molecule has 4 rings (SSSR count). The number of amides is 2. The fourth-order valence-electron chi connectivity index (χ4n) is 4.22. The summed E-state index contributed by atoms with van der Waals surface area (Å²) in [5.74, 6) is 0.475. The summed E-state index contributed by atoms with van der Waals surface area (Å²) in [6.07, 6.45) is 5.85. The number of carbonyl (C=O) groups excluding carboxylic acids is 2. The van der Waals surface area contributed by atoms with Gasteiger partial charge in [-0.1, -0.05) is 37.1 Å². The van der Waals surface area contributed by atoms with Crippen LogP contribution in [0.15, 0.2) is 54.6 Å². The molecule has 28 heavy (non-hydrogen) atoms. The Morgan fingerprint density at radius 1 is 0.893 bits per heavy atom. The molecule has 2 fully saturated rings.